The maximum atomic E-state index is 11.6. The van der Waals surface area contributed by atoms with Crippen molar-refractivity contribution >= 4 is 34.5 Å². The van der Waals surface area contributed by atoms with Gasteiger partial charge in [0, 0.05) is 20.3 Å². The Morgan fingerprint density at radius 2 is 2.19 bits per heavy atom. The van der Waals surface area contributed by atoms with Crippen molar-refractivity contribution in [1.82, 2.24) is 4.90 Å². The molecule has 16 heavy (non-hydrogen) atoms. The van der Waals surface area contributed by atoms with Crippen LogP contribution >= 0.6 is 22.9 Å². The first-order chi connectivity index (χ1) is 7.47. The van der Waals surface area contributed by atoms with E-state index < -0.39 is 0 Å². The van der Waals surface area contributed by atoms with Gasteiger partial charge in [-0.25, -0.2) is 4.79 Å². The second-order valence-corrected chi connectivity index (χ2v) is 4.82. The molecule has 1 heterocycles. The first-order valence-electron chi connectivity index (χ1n) is 4.68. The van der Waals surface area contributed by atoms with E-state index in [1.807, 2.05) is 26.4 Å². The Labute approximate surface area is 104 Å². The van der Waals surface area contributed by atoms with Gasteiger partial charge in [-0.15, -0.1) is 11.3 Å². The molecule has 0 aliphatic heterocycles. The molecule has 1 rings (SSSR count). The molecule has 3 nitrogen and oxygen atoms in total. The molecule has 1 aromatic rings. The van der Waals surface area contributed by atoms with Gasteiger partial charge in [-0.2, -0.15) is 0 Å². The molecule has 0 aromatic carbocycles. The molecule has 0 amide bonds. The van der Waals surface area contributed by atoms with Gasteiger partial charge in [0.15, 0.2) is 0 Å². The highest BCUT2D eigenvalue weighted by Crippen LogP contribution is 2.33. The summed E-state index contributed by atoms with van der Waals surface area (Å²) in [4.78, 5) is 14.2. The first-order valence-corrected chi connectivity index (χ1v) is 5.93. The average molecular weight is 260 g/mol. The molecule has 88 valence electrons. The van der Waals surface area contributed by atoms with Crippen LogP contribution in [-0.4, -0.2) is 32.1 Å². The molecule has 0 unspecified atom stereocenters. The van der Waals surface area contributed by atoms with E-state index in [1.54, 1.807) is 11.1 Å². The van der Waals surface area contributed by atoms with Gasteiger partial charge < -0.3 is 9.64 Å². The van der Waals surface area contributed by atoms with Crippen molar-refractivity contribution in [1.29, 1.82) is 0 Å². The van der Waals surface area contributed by atoms with Crippen LogP contribution in [0.2, 0.25) is 5.02 Å². The van der Waals surface area contributed by atoms with Crippen LogP contribution in [0.15, 0.2) is 11.6 Å². The lowest BCUT2D eigenvalue weighted by Crippen LogP contribution is -2.09. The summed E-state index contributed by atoms with van der Waals surface area (Å²) in [5.74, 6) is -0.377. The van der Waals surface area contributed by atoms with Gasteiger partial charge in [0.25, 0.3) is 0 Å². The molecule has 0 atom stereocenters. The lowest BCUT2D eigenvalue weighted by Gasteiger charge is -2.09. The van der Waals surface area contributed by atoms with Crippen molar-refractivity contribution in [3.8, 4) is 0 Å². The zero-order valence-electron chi connectivity index (χ0n) is 9.70. The summed E-state index contributed by atoms with van der Waals surface area (Å²) < 4.78 is 4.75. The summed E-state index contributed by atoms with van der Waals surface area (Å²) >= 11 is 7.57. The minimum atomic E-state index is -0.377. The Hall–Kier alpha value is -1.00. The van der Waals surface area contributed by atoms with Gasteiger partial charge in [0.2, 0.25) is 0 Å². The van der Waals surface area contributed by atoms with Crippen molar-refractivity contribution in [2.24, 2.45) is 0 Å². The number of nitrogens with zero attached hydrogens (tertiary/aromatic N) is 1. The Morgan fingerprint density at radius 1 is 1.56 bits per heavy atom. The number of carbonyl (C=O) groups is 1. The zero-order valence-corrected chi connectivity index (χ0v) is 11.3. The van der Waals surface area contributed by atoms with Crippen LogP contribution in [0.5, 0.6) is 0 Å². The number of halogens is 1. The van der Waals surface area contributed by atoms with E-state index >= 15 is 0 Å². The van der Waals surface area contributed by atoms with Crippen LogP contribution in [0.4, 0.5) is 0 Å². The summed E-state index contributed by atoms with van der Waals surface area (Å²) in [5.41, 5.74) is 1.45. The van der Waals surface area contributed by atoms with E-state index in [-0.39, 0.29) is 5.97 Å². The molecule has 5 heteroatoms. The standard InChI is InChI=1S/C11H14ClNO2S/c1-7-6-16-10(9(7)12)8(5-13(2)3)11(14)15-4/h5-6H,1-4H3/b8-5-. The smallest absolute Gasteiger partial charge is 0.340 e. The molecule has 0 fully saturated rings. The second kappa shape index (κ2) is 5.37. The number of esters is 1. The minimum absolute atomic E-state index is 0.377. The predicted molar refractivity (Wildman–Crippen MR) is 67.7 cm³/mol. The molecule has 0 saturated carbocycles. The van der Waals surface area contributed by atoms with Crippen LogP contribution < -0.4 is 0 Å². The van der Waals surface area contributed by atoms with Gasteiger partial charge >= 0.3 is 5.97 Å². The molecule has 0 N–H and O–H groups in total. The SMILES string of the molecule is COC(=O)/C(=C\N(C)C)c1scc(C)c1Cl. The zero-order chi connectivity index (χ0) is 12.3. The predicted octanol–water partition coefficient (Wildman–Crippen LogP) is 2.79. The monoisotopic (exact) mass is 259 g/mol. The Morgan fingerprint density at radius 3 is 2.56 bits per heavy atom. The van der Waals surface area contributed by atoms with E-state index in [0.717, 1.165) is 10.4 Å². The molecule has 0 bridgehead atoms. The topological polar surface area (TPSA) is 29.5 Å². The quantitative estimate of drug-likeness (QED) is 0.618. The lowest BCUT2D eigenvalue weighted by molar-refractivity contribution is -0.133. The number of hydrogen-bond donors (Lipinski definition) is 0. The highest BCUT2D eigenvalue weighted by atomic mass is 35.5. The molecular formula is C11H14ClNO2S. The first kappa shape index (κ1) is 13.1. The molecule has 0 radical (unpaired) electrons. The number of aryl methyl sites for hydroxylation is 1. The fraction of sp³-hybridized carbons (Fsp3) is 0.364. The largest absolute Gasteiger partial charge is 0.465 e. The minimum Gasteiger partial charge on any atom is -0.465 e. The van der Waals surface area contributed by atoms with Crippen LogP contribution in [0.25, 0.3) is 5.57 Å². The fourth-order valence-corrected chi connectivity index (χ4v) is 2.48. The highest BCUT2D eigenvalue weighted by molar-refractivity contribution is 7.12. The summed E-state index contributed by atoms with van der Waals surface area (Å²) in [6.45, 7) is 1.91. The third-order valence-electron chi connectivity index (χ3n) is 1.94. The molecular weight excluding hydrogens is 246 g/mol. The van der Waals surface area contributed by atoms with E-state index in [2.05, 4.69) is 0 Å². The summed E-state index contributed by atoms with van der Waals surface area (Å²) in [7, 11) is 5.05. The maximum Gasteiger partial charge on any atom is 0.340 e. The highest BCUT2D eigenvalue weighted by Gasteiger charge is 2.18. The van der Waals surface area contributed by atoms with Crippen molar-refractivity contribution < 1.29 is 9.53 Å². The third kappa shape index (κ3) is 2.77. The van der Waals surface area contributed by atoms with Crippen molar-refractivity contribution in [2.75, 3.05) is 21.2 Å². The van der Waals surface area contributed by atoms with E-state index in [9.17, 15) is 4.79 Å². The molecule has 0 aliphatic carbocycles. The fourth-order valence-electron chi connectivity index (χ4n) is 1.18. The van der Waals surface area contributed by atoms with E-state index in [0.29, 0.717) is 10.6 Å². The third-order valence-corrected chi connectivity index (χ3v) is 3.67. The van der Waals surface area contributed by atoms with Gasteiger partial charge in [-0.1, -0.05) is 11.6 Å². The molecule has 1 aromatic heterocycles. The van der Waals surface area contributed by atoms with Crippen LogP contribution in [0.1, 0.15) is 10.4 Å². The van der Waals surface area contributed by atoms with Crippen molar-refractivity contribution in [3.63, 3.8) is 0 Å². The Kier molecular flexibility index (Phi) is 4.38. The lowest BCUT2D eigenvalue weighted by atomic mass is 10.2. The van der Waals surface area contributed by atoms with E-state index in [4.69, 9.17) is 16.3 Å². The Balaban J connectivity index is 3.22. The summed E-state index contributed by atoms with van der Waals surface area (Å²) in [6.07, 6.45) is 1.71. The van der Waals surface area contributed by atoms with Crippen molar-refractivity contribution in [3.05, 3.63) is 27.0 Å². The number of ether oxygens (including phenoxy) is 1. The molecule has 0 saturated heterocycles. The van der Waals surface area contributed by atoms with Gasteiger partial charge in [-0.05, 0) is 17.9 Å². The van der Waals surface area contributed by atoms with Crippen LogP contribution in [0, 0.1) is 6.92 Å². The van der Waals surface area contributed by atoms with E-state index in [1.165, 1.54) is 18.4 Å². The average Bonchev–Trinajstić information content (AvgIpc) is 2.55. The maximum absolute atomic E-state index is 11.6. The van der Waals surface area contributed by atoms with Gasteiger partial charge in [-0.3, -0.25) is 0 Å². The number of rotatable bonds is 3. The van der Waals surface area contributed by atoms with Gasteiger partial charge in [0.1, 0.15) is 0 Å². The second-order valence-electron chi connectivity index (χ2n) is 3.56. The number of carbonyl (C=O) groups excluding carboxylic acids is 1. The Bertz CT molecular complexity index is 424. The van der Waals surface area contributed by atoms with Gasteiger partial charge in [0.05, 0.1) is 22.6 Å². The number of methoxy groups -OCH3 is 1. The molecule has 0 spiro atoms. The van der Waals surface area contributed by atoms with Crippen molar-refractivity contribution in [2.45, 2.75) is 6.92 Å². The normalized spacial score (nSPS) is 11.4. The summed E-state index contributed by atoms with van der Waals surface area (Å²) in [5, 5.41) is 2.54. The molecule has 0 aliphatic rings. The van der Waals surface area contributed by atoms with Crippen LogP contribution in [0.3, 0.4) is 0 Å². The number of hydrogen-bond acceptors (Lipinski definition) is 4. The van der Waals surface area contributed by atoms with Crippen LogP contribution in [-0.2, 0) is 9.53 Å². The number of thiophene rings is 1. The summed E-state index contributed by atoms with van der Waals surface area (Å²) in [6, 6.07) is 0.